The molecule has 5 heteroatoms. The highest BCUT2D eigenvalue weighted by Crippen LogP contribution is 2.35. The minimum atomic E-state index is 0.0493. The van der Waals surface area contributed by atoms with Crippen molar-refractivity contribution in [3.8, 4) is 11.5 Å². The molecule has 1 amide bonds. The van der Waals surface area contributed by atoms with Crippen molar-refractivity contribution in [2.24, 2.45) is 0 Å². The Balaban J connectivity index is 1.37. The van der Waals surface area contributed by atoms with Crippen molar-refractivity contribution in [2.45, 2.75) is 32.0 Å². The molecule has 1 saturated carbocycles. The zero-order valence-electron chi connectivity index (χ0n) is 15.6. The molecule has 1 aliphatic heterocycles. The Morgan fingerprint density at radius 1 is 1.00 bits per heavy atom. The van der Waals surface area contributed by atoms with E-state index in [4.69, 9.17) is 9.47 Å². The summed E-state index contributed by atoms with van der Waals surface area (Å²) in [5.74, 6) is 1.40. The maximum Gasteiger partial charge on any atom is 0.254 e. The summed E-state index contributed by atoms with van der Waals surface area (Å²) >= 11 is 0. The predicted octanol–water partition coefficient (Wildman–Crippen LogP) is 4.07. The number of hydrogen-bond acceptors (Lipinski definition) is 3. The lowest BCUT2D eigenvalue weighted by atomic mass is 10.1. The SMILES string of the molecule is O=C(c1ccc2c(c1)OCO2)N(Cc1cccn1Cc1ccccc1)C1CC1. The van der Waals surface area contributed by atoms with Gasteiger partial charge in [-0.3, -0.25) is 4.79 Å². The largest absolute Gasteiger partial charge is 0.454 e. The van der Waals surface area contributed by atoms with Crippen molar-refractivity contribution in [1.82, 2.24) is 9.47 Å². The Bertz CT molecular complexity index is 992. The molecule has 3 aromatic rings. The number of ether oxygens (including phenoxy) is 2. The van der Waals surface area contributed by atoms with Crippen LogP contribution in [0.15, 0.2) is 66.9 Å². The van der Waals surface area contributed by atoms with Gasteiger partial charge in [0.25, 0.3) is 5.91 Å². The molecular weight excluding hydrogens is 352 g/mol. The zero-order valence-corrected chi connectivity index (χ0v) is 15.6. The number of carbonyl (C=O) groups is 1. The van der Waals surface area contributed by atoms with Crippen molar-refractivity contribution >= 4 is 5.91 Å². The van der Waals surface area contributed by atoms with Gasteiger partial charge >= 0.3 is 0 Å². The van der Waals surface area contributed by atoms with Crippen LogP contribution in [0.1, 0.15) is 34.5 Å². The van der Waals surface area contributed by atoms with E-state index in [9.17, 15) is 4.79 Å². The van der Waals surface area contributed by atoms with Crippen molar-refractivity contribution in [2.75, 3.05) is 6.79 Å². The molecule has 0 N–H and O–H groups in total. The van der Waals surface area contributed by atoms with E-state index >= 15 is 0 Å². The molecule has 2 aliphatic rings. The Kier molecular flexibility index (Phi) is 4.28. The molecule has 0 saturated heterocycles. The molecule has 0 bridgehead atoms. The van der Waals surface area contributed by atoms with Gasteiger partial charge in [-0.15, -0.1) is 0 Å². The number of carbonyl (C=O) groups excluding carboxylic acids is 1. The summed E-state index contributed by atoms with van der Waals surface area (Å²) in [4.78, 5) is 15.2. The molecule has 142 valence electrons. The van der Waals surface area contributed by atoms with Gasteiger partial charge in [-0.25, -0.2) is 0 Å². The summed E-state index contributed by atoms with van der Waals surface area (Å²) in [5, 5.41) is 0. The number of hydrogen-bond donors (Lipinski definition) is 0. The van der Waals surface area contributed by atoms with E-state index in [1.54, 1.807) is 6.07 Å². The minimum Gasteiger partial charge on any atom is -0.454 e. The van der Waals surface area contributed by atoms with Gasteiger partial charge in [0.1, 0.15) is 0 Å². The van der Waals surface area contributed by atoms with E-state index in [1.807, 2.05) is 23.1 Å². The highest BCUT2D eigenvalue weighted by atomic mass is 16.7. The fourth-order valence-corrected chi connectivity index (χ4v) is 3.65. The number of benzene rings is 2. The third kappa shape index (κ3) is 3.36. The van der Waals surface area contributed by atoms with E-state index in [0.29, 0.717) is 29.6 Å². The molecule has 28 heavy (non-hydrogen) atoms. The van der Waals surface area contributed by atoms with Crippen LogP contribution in [0.2, 0.25) is 0 Å². The van der Waals surface area contributed by atoms with Gasteiger partial charge in [-0.1, -0.05) is 30.3 Å². The first-order valence-electron chi connectivity index (χ1n) is 9.66. The number of aromatic nitrogens is 1. The van der Waals surface area contributed by atoms with Gasteiger partial charge in [0.2, 0.25) is 6.79 Å². The first kappa shape index (κ1) is 16.9. The topological polar surface area (TPSA) is 43.7 Å². The average molecular weight is 374 g/mol. The van der Waals surface area contributed by atoms with E-state index in [1.165, 1.54) is 5.56 Å². The second kappa shape index (κ2) is 7.08. The van der Waals surface area contributed by atoms with Crippen LogP contribution in [0.3, 0.4) is 0 Å². The highest BCUT2D eigenvalue weighted by Gasteiger charge is 2.34. The summed E-state index contributed by atoms with van der Waals surface area (Å²) in [6.07, 6.45) is 4.21. The Morgan fingerprint density at radius 2 is 1.82 bits per heavy atom. The monoisotopic (exact) mass is 374 g/mol. The molecule has 1 aromatic heterocycles. The van der Waals surface area contributed by atoms with Gasteiger partial charge < -0.3 is 18.9 Å². The standard InChI is InChI=1S/C23H22N2O3/c26-23(18-8-11-21-22(13-18)28-16-27-21)25(19-9-10-19)15-20-7-4-12-24(20)14-17-5-2-1-3-6-17/h1-8,11-13,19H,9-10,14-16H2. The van der Waals surface area contributed by atoms with E-state index < -0.39 is 0 Å². The van der Waals surface area contributed by atoms with E-state index in [-0.39, 0.29) is 12.7 Å². The number of amides is 1. The summed E-state index contributed by atoms with van der Waals surface area (Å²) in [7, 11) is 0. The molecule has 0 atom stereocenters. The van der Waals surface area contributed by atoms with Gasteiger partial charge in [0.15, 0.2) is 11.5 Å². The van der Waals surface area contributed by atoms with Crippen LogP contribution in [0.25, 0.3) is 0 Å². The Hall–Kier alpha value is -3.21. The fourth-order valence-electron chi connectivity index (χ4n) is 3.65. The zero-order chi connectivity index (χ0) is 18.9. The molecule has 2 aromatic carbocycles. The van der Waals surface area contributed by atoms with Gasteiger partial charge in [0.05, 0.1) is 6.54 Å². The quantitative estimate of drug-likeness (QED) is 0.653. The molecule has 5 nitrogen and oxygen atoms in total. The lowest BCUT2D eigenvalue weighted by Crippen LogP contribution is -2.33. The summed E-state index contributed by atoms with van der Waals surface area (Å²) in [5.41, 5.74) is 3.04. The van der Waals surface area contributed by atoms with Crippen LogP contribution < -0.4 is 9.47 Å². The van der Waals surface area contributed by atoms with Crippen LogP contribution in [-0.4, -0.2) is 28.2 Å². The average Bonchev–Trinajstić information content (AvgIpc) is 3.29. The number of rotatable bonds is 6. The smallest absolute Gasteiger partial charge is 0.254 e. The molecule has 0 radical (unpaired) electrons. The first-order valence-corrected chi connectivity index (χ1v) is 9.66. The third-order valence-electron chi connectivity index (χ3n) is 5.32. The molecule has 0 spiro atoms. The predicted molar refractivity (Wildman–Crippen MR) is 105 cm³/mol. The molecular formula is C23H22N2O3. The minimum absolute atomic E-state index is 0.0493. The fraction of sp³-hybridized carbons (Fsp3) is 0.261. The molecule has 1 aliphatic carbocycles. The first-order chi connectivity index (χ1) is 13.8. The molecule has 0 unspecified atom stereocenters. The lowest BCUT2D eigenvalue weighted by molar-refractivity contribution is 0.0725. The third-order valence-corrected chi connectivity index (χ3v) is 5.32. The Morgan fingerprint density at radius 3 is 2.64 bits per heavy atom. The van der Waals surface area contributed by atoms with Crippen LogP contribution >= 0.6 is 0 Å². The maximum atomic E-state index is 13.2. The lowest BCUT2D eigenvalue weighted by Gasteiger charge is -2.24. The highest BCUT2D eigenvalue weighted by molar-refractivity contribution is 5.95. The second-order valence-corrected chi connectivity index (χ2v) is 7.35. The van der Waals surface area contributed by atoms with Gasteiger partial charge in [-0.05, 0) is 48.7 Å². The normalized spacial score (nSPS) is 14.9. The molecule has 2 heterocycles. The number of fused-ring (bicyclic) bond motifs is 1. The molecule has 1 fully saturated rings. The van der Waals surface area contributed by atoms with Crippen molar-refractivity contribution < 1.29 is 14.3 Å². The van der Waals surface area contributed by atoms with Crippen LogP contribution in [0, 0.1) is 0 Å². The molecule has 5 rings (SSSR count). The number of nitrogens with zero attached hydrogens (tertiary/aromatic N) is 2. The van der Waals surface area contributed by atoms with Crippen molar-refractivity contribution in [1.29, 1.82) is 0 Å². The van der Waals surface area contributed by atoms with Crippen molar-refractivity contribution in [3.05, 3.63) is 83.7 Å². The van der Waals surface area contributed by atoms with E-state index in [2.05, 4.69) is 47.2 Å². The van der Waals surface area contributed by atoms with Crippen molar-refractivity contribution in [3.63, 3.8) is 0 Å². The maximum absolute atomic E-state index is 13.2. The van der Waals surface area contributed by atoms with Gasteiger partial charge in [0, 0.05) is 30.0 Å². The summed E-state index contributed by atoms with van der Waals surface area (Å²) < 4.78 is 13.0. The summed E-state index contributed by atoms with van der Waals surface area (Å²) in [6, 6.07) is 20.3. The van der Waals surface area contributed by atoms with E-state index in [0.717, 1.165) is 25.1 Å². The van der Waals surface area contributed by atoms with Gasteiger partial charge in [-0.2, -0.15) is 0 Å². The summed E-state index contributed by atoms with van der Waals surface area (Å²) in [6.45, 7) is 1.63. The Labute approximate surface area is 164 Å². The van der Waals surface area contributed by atoms with Crippen LogP contribution in [0.5, 0.6) is 11.5 Å². The van der Waals surface area contributed by atoms with Crippen LogP contribution in [-0.2, 0) is 13.1 Å². The second-order valence-electron chi connectivity index (χ2n) is 7.35. The van der Waals surface area contributed by atoms with Crippen LogP contribution in [0.4, 0.5) is 0 Å².